The fraction of sp³-hybridized carbons (Fsp3) is 0.320. The smallest absolute Gasteiger partial charge is 0.338 e. The van der Waals surface area contributed by atoms with E-state index in [2.05, 4.69) is 16.0 Å². The maximum Gasteiger partial charge on any atom is 0.338 e. The van der Waals surface area contributed by atoms with Gasteiger partial charge < -0.3 is 25.4 Å². The summed E-state index contributed by atoms with van der Waals surface area (Å²) < 4.78 is 23.6. The Labute approximate surface area is 203 Å². The predicted molar refractivity (Wildman–Crippen MR) is 129 cm³/mol. The van der Waals surface area contributed by atoms with Crippen molar-refractivity contribution in [2.75, 3.05) is 37.5 Å². The van der Waals surface area contributed by atoms with Crippen LogP contribution in [0.5, 0.6) is 0 Å². The zero-order valence-corrected chi connectivity index (χ0v) is 19.9. The number of halogens is 1. The van der Waals surface area contributed by atoms with Crippen molar-refractivity contribution >= 4 is 29.4 Å². The fourth-order valence-electron chi connectivity index (χ4n) is 3.70. The first-order chi connectivity index (χ1) is 16.8. The monoisotopic (exact) mass is 484 g/mol. The SMILES string of the molecule is CCCN1C(=O)NC(c2ccc(NC(=O)Nc3cccc(F)c3)cc2)C(C(=O)OCCOC)=C1C. The summed E-state index contributed by atoms with van der Waals surface area (Å²) in [7, 11) is 1.51. The molecule has 1 atom stereocenters. The van der Waals surface area contributed by atoms with Crippen LogP contribution in [0.15, 0.2) is 59.8 Å². The van der Waals surface area contributed by atoms with E-state index in [1.807, 2.05) is 6.92 Å². The van der Waals surface area contributed by atoms with Gasteiger partial charge in [0.05, 0.1) is 18.2 Å². The van der Waals surface area contributed by atoms with Gasteiger partial charge in [0.2, 0.25) is 0 Å². The molecule has 0 bridgehead atoms. The van der Waals surface area contributed by atoms with Crippen molar-refractivity contribution in [2.45, 2.75) is 26.3 Å². The number of rotatable bonds is 9. The number of carbonyl (C=O) groups is 3. The molecular weight excluding hydrogens is 455 g/mol. The Morgan fingerprint density at radius 2 is 1.80 bits per heavy atom. The van der Waals surface area contributed by atoms with E-state index in [9.17, 15) is 18.8 Å². The summed E-state index contributed by atoms with van der Waals surface area (Å²) >= 11 is 0. The molecule has 1 unspecified atom stereocenters. The third-order valence-electron chi connectivity index (χ3n) is 5.37. The molecule has 3 rings (SSSR count). The molecule has 4 amide bonds. The van der Waals surface area contributed by atoms with Crippen LogP contribution in [0, 0.1) is 5.82 Å². The van der Waals surface area contributed by atoms with Gasteiger partial charge in [-0.3, -0.25) is 4.90 Å². The summed E-state index contributed by atoms with van der Waals surface area (Å²) in [5, 5.41) is 8.10. The minimum Gasteiger partial charge on any atom is -0.460 e. The zero-order chi connectivity index (χ0) is 25.4. The fourth-order valence-corrected chi connectivity index (χ4v) is 3.70. The molecule has 0 radical (unpaired) electrons. The Morgan fingerprint density at radius 3 is 2.46 bits per heavy atom. The Balaban J connectivity index is 1.78. The van der Waals surface area contributed by atoms with E-state index in [0.29, 0.717) is 34.8 Å². The number of allylic oxidation sites excluding steroid dienone is 1. The lowest BCUT2D eigenvalue weighted by molar-refractivity contribution is -0.140. The van der Waals surface area contributed by atoms with Gasteiger partial charge >= 0.3 is 18.0 Å². The molecule has 0 saturated carbocycles. The number of nitrogens with one attached hydrogen (secondary N) is 3. The molecule has 1 heterocycles. The maximum absolute atomic E-state index is 13.3. The molecule has 0 aromatic heterocycles. The van der Waals surface area contributed by atoms with Crippen molar-refractivity contribution < 1.29 is 28.2 Å². The maximum atomic E-state index is 13.3. The number of benzene rings is 2. The van der Waals surface area contributed by atoms with E-state index in [4.69, 9.17) is 9.47 Å². The Hall–Kier alpha value is -3.92. The minimum absolute atomic E-state index is 0.0871. The molecule has 35 heavy (non-hydrogen) atoms. The summed E-state index contributed by atoms with van der Waals surface area (Å²) in [4.78, 5) is 39.4. The topological polar surface area (TPSA) is 109 Å². The van der Waals surface area contributed by atoms with Gasteiger partial charge in [-0.15, -0.1) is 0 Å². The van der Waals surface area contributed by atoms with Gasteiger partial charge in [0.25, 0.3) is 0 Å². The second-order valence-electron chi connectivity index (χ2n) is 7.87. The number of ether oxygens (including phenoxy) is 2. The van der Waals surface area contributed by atoms with Crippen molar-refractivity contribution in [2.24, 2.45) is 0 Å². The lowest BCUT2D eigenvalue weighted by Gasteiger charge is -2.35. The van der Waals surface area contributed by atoms with Crippen molar-refractivity contribution in [1.82, 2.24) is 10.2 Å². The van der Waals surface area contributed by atoms with Crippen molar-refractivity contribution in [3.05, 3.63) is 71.2 Å². The molecule has 9 nitrogen and oxygen atoms in total. The Morgan fingerprint density at radius 1 is 1.09 bits per heavy atom. The van der Waals surface area contributed by atoms with Gasteiger partial charge in [0, 0.05) is 30.7 Å². The van der Waals surface area contributed by atoms with E-state index >= 15 is 0 Å². The van der Waals surface area contributed by atoms with Crippen LogP contribution >= 0.6 is 0 Å². The average molecular weight is 485 g/mol. The number of hydrogen-bond donors (Lipinski definition) is 3. The molecule has 1 aliphatic heterocycles. The van der Waals surface area contributed by atoms with Gasteiger partial charge in [0.1, 0.15) is 12.4 Å². The number of hydrogen-bond acceptors (Lipinski definition) is 5. The second kappa shape index (κ2) is 12.0. The Bertz CT molecular complexity index is 1100. The predicted octanol–water partition coefficient (Wildman–Crippen LogP) is 4.41. The van der Waals surface area contributed by atoms with Gasteiger partial charge in [-0.05, 0) is 49.2 Å². The minimum atomic E-state index is -0.721. The van der Waals surface area contributed by atoms with Crippen molar-refractivity contribution in [1.29, 1.82) is 0 Å². The number of carbonyl (C=O) groups excluding carboxylic acids is 3. The molecule has 2 aromatic rings. The lowest BCUT2D eigenvalue weighted by atomic mass is 9.94. The molecule has 186 valence electrons. The summed E-state index contributed by atoms with van der Waals surface area (Å²) in [5.41, 5.74) is 2.29. The summed E-state index contributed by atoms with van der Waals surface area (Å²) in [6, 6.07) is 10.7. The molecule has 0 spiro atoms. The number of urea groups is 2. The van der Waals surface area contributed by atoms with E-state index in [1.54, 1.807) is 37.3 Å². The molecule has 0 fully saturated rings. The third kappa shape index (κ3) is 6.57. The summed E-state index contributed by atoms with van der Waals surface area (Å²) in [6.45, 7) is 4.47. The number of anilines is 2. The average Bonchev–Trinajstić information content (AvgIpc) is 2.82. The highest BCUT2D eigenvalue weighted by Gasteiger charge is 2.36. The second-order valence-corrected chi connectivity index (χ2v) is 7.87. The number of esters is 1. The quantitative estimate of drug-likeness (QED) is 0.361. The Kier molecular flexibility index (Phi) is 8.80. The normalized spacial score (nSPS) is 15.5. The van der Waals surface area contributed by atoms with Gasteiger partial charge in [-0.2, -0.15) is 0 Å². The van der Waals surface area contributed by atoms with E-state index < -0.39 is 23.9 Å². The van der Waals surface area contributed by atoms with Crippen LogP contribution in [-0.2, 0) is 14.3 Å². The van der Waals surface area contributed by atoms with Crippen LogP contribution in [0.3, 0.4) is 0 Å². The first-order valence-corrected chi connectivity index (χ1v) is 11.2. The standard InChI is InChI=1S/C25H29FN4O5/c1-4-12-30-16(2)21(23(31)35-14-13-34-3)22(29-25(30)33)17-8-10-19(11-9-17)27-24(32)28-20-7-5-6-18(26)15-20/h5-11,15,22H,4,12-14H2,1-3H3,(H,29,33)(H2,27,28,32). The van der Waals surface area contributed by atoms with Gasteiger partial charge in [-0.1, -0.05) is 25.1 Å². The highest BCUT2D eigenvalue weighted by Crippen LogP contribution is 2.32. The molecule has 2 aromatic carbocycles. The number of amides is 4. The van der Waals surface area contributed by atoms with Crippen LogP contribution in [0.1, 0.15) is 31.9 Å². The molecule has 3 N–H and O–H groups in total. The first kappa shape index (κ1) is 25.7. The van der Waals surface area contributed by atoms with Gasteiger partial charge in [0.15, 0.2) is 0 Å². The van der Waals surface area contributed by atoms with Crippen molar-refractivity contribution in [3.8, 4) is 0 Å². The van der Waals surface area contributed by atoms with Crippen molar-refractivity contribution in [3.63, 3.8) is 0 Å². The van der Waals surface area contributed by atoms with Crippen LogP contribution in [0.4, 0.5) is 25.4 Å². The zero-order valence-electron chi connectivity index (χ0n) is 19.9. The largest absolute Gasteiger partial charge is 0.460 e. The molecule has 0 aliphatic carbocycles. The third-order valence-corrected chi connectivity index (χ3v) is 5.37. The van der Waals surface area contributed by atoms with Gasteiger partial charge in [-0.25, -0.2) is 18.8 Å². The van der Waals surface area contributed by atoms with E-state index in [1.165, 1.54) is 30.2 Å². The van der Waals surface area contributed by atoms with E-state index in [0.717, 1.165) is 6.42 Å². The summed E-state index contributed by atoms with van der Waals surface area (Å²) in [5.74, 6) is -0.999. The molecule has 0 saturated heterocycles. The van der Waals surface area contributed by atoms with Crippen LogP contribution in [0.25, 0.3) is 0 Å². The van der Waals surface area contributed by atoms with Crippen LogP contribution in [0.2, 0.25) is 0 Å². The van der Waals surface area contributed by atoms with Crippen LogP contribution < -0.4 is 16.0 Å². The number of methoxy groups -OCH3 is 1. The molecular formula is C25H29FN4O5. The number of nitrogens with zero attached hydrogens (tertiary/aromatic N) is 1. The first-order valence-electron chi connectivity index (χ1n) is 11.2. The summed E-state index contributed by atoms with van der Waals surface area (Å²) in [6.07, 6.45) is 0.722. The highest BCUT2D eigenvalue weighted by molar-refractivity contribution is 6.00. The lowest BCUT2D eigenvalue weighted by Crippen LogP contribution is -2.48. The van der Waals surface area contributed by atoms with E-state index in [-0.39, 0.29) is 19.2 Å². The van der Waals surface area contributed by atoms with Crippen LogP contribution in [-0.4, -0.2) is 49.8 Å². The highest BCUT2D eigenvalue weighted by atomic mass is 19.1. The molecule has 10 heteroatoms. The molecule has 1 aliphatic rings.